The van der Waals surface area contributed by atoms with Crippen molar-refractivity contribution in [1.29, 1.82) is 0 Å². The van der Waals surface area contributed by atoms with Crippen LogP contribution in [-0.4, -0.2) is 41.5 Å². The highest BCUT2D eigenvalue weighted by Gasteiger charge is 2.29. The second-order valence-electron chi connectivity index (χ2n) is 5.77. The van der Waals surface area contributed by atoms with Gasteiger partial charge in [0.2, 0.25) is 5.91 Å². The molecule has 0 aliphatic carbocycles. The molecule has 3 rings (SSSR count). The van der Waals surface area contributed by atoms with Gasteiger partial charge in [0.25, 0.3) is 0 Å². The van der Waals surface area contributed by atoms with Crippen LogP contribution in [0, 0.1) is 0 Å². The molecule has 1 amide bonds. The van der Waals surface area contributed by atoms with Crippen LogP contribution in [0.25, 0.3) is 0 Å². The van der Waals surface area contributed by atoms with E-state index in [9.17, 15) is 4.79 Å². The van der Waals surface area contributed by atoms with E-state index in [0.717, 1.165) is 45.4 Å². The van der Waals surface area contributed by atoms with Gasteiger partial charge in [0.1, 0.15) is 0 Å². The maximum absolute atomic E-state index is 11.9. The SMILES string of the molecule is O=C1CCCNN1C1CCN(Cc2ccccc2)CC1. The number of carbonyl (C=O) groups is 1. The smallest absolute Gasteiger partial charge is 0.236 e. The third-order valence-electron chi connectivity index (χ3n) is 4.29. The van der Waals surface area contributed by atoms with E-state index in [2.05, 4.69) is 40.7 Å². The number of likely N-dealkylation sites (tertiary alicyclic amines) is 1. The van der Waals surface area contributed by atoms with Gasteiger partial charge in [-0.05, 0) is 24.8 Å². The summed E-state index contributed by atoms with van der Waals surface area (Å²) < 4.78 is 0. The topological polar surface area (TPSA) is 35.6 Å². The minimum atomic E-state index is 0.276. The number of hydrogen-bond donors (Lipinski definition) is 1. The van der Waals surface area contributed by atoms with Crippen LogP contribution in [-0.2, 0) is 11.3 Å². The summed E-state index contributed by atoms with van der Waals surface area (Å²) in [4.78, 5) is 14.4. The van der Waals surface area contributed by atoms with Gasteiger partial charge >= 0.3 is 0 Å². The number of rotatable bonds is 3. The Bertz CT molecular complexity index is 440. The molecule has 1 aromatic carbocycles. The number of nitrogens with zero attached hydrogens (tertiary/aromatic N) is 2. The zero-order valence-electron chi connectivity index (χ0n) is 11.9. The lowest BCUT2D eigenvalue weighted by atomic mass is 10.0. The summed E-state index contributed by atoms with van der Waals surface area (Å²) in [6, 6.07) is 11.0. The zero-order valence-corrected chi connectivity index (χ0v) is 11.9. The minimum Gasteiger partial charge on any atom is -0.299 e. The predicted octanol–water partition coefficient (Wildman–Crippen LogP) is 1.78. The Kier molecular flexibility index (Phi) is 4.33. The molecule has 0 saturated carbocycles. The fraction of sp³-hybridized carbons (Fsp3) is 0.562. The molecular formula is C16H23N3O. The molecule has 4 nitrogen and oxygen atoms in total. The van der Waals surface area contributed by atoms with Crippen molar-refractivity contribution < 1.29 is 4.79 Å². The van der Waals surface area contributed by atoms with E-state index in [-0.39, 0.29) is 5.91 Å². The summed E-state index contributed by atoms with van der Waals surface area (Å²) in [6.45, 7) is 4.11. The average molecular weight is 273 g/mol. The summed E-state index contributed by atoms with van der Waals surface area (Å²) in [5, 5.41) is 1.91. The first-order valence-electron chi connectivity index (χ1n) is 7.65. The van der Waals surface area contributed by atoms with Crippen LogP contribution in [0.4, 0.5) is 0 Å². The maximum atomic E-state index is 11.9. The lowest BCUT2D eigenvalue weighted by molar-refractivity contribution is -0.141. The van der Waals surface area contributed by atoms with E-state index in [1.165, 1.54) is 5.56 Å². The van der Waals surface area contributed by atoms with Gasteiger partial charge < -0.3 is 0 Å². The fourth-order valence-corrected chi connectivity index (χ4v) is 3.16. The van der Waals surface area contributed by atoms with Crippen LogP contribution >= 0.6 is 0 Å². The predicted molar refractivity (Wildman–Crippen MR) is 78.8 cm³/mol. The number of hydrogen-bond acceptors (Lipinski definition) is 3. The number of nitrogens with one attached hydrogen (secondary N) is 1. The maximum Gasteiger partial charge on any atom is 0.236 e. The molecule has 2 saturated heterocycles. The van der Waals surface area contributed by atoms with E-state index in [0.29, 0.717) is 12.5 Å². The van der Waals surface area contributed by atoms with Gasteiger partial charge in [-0.25, -0.2) is 5.43 Å². The molecule has 108 valence electrons. The van der Waals surface area contributed by atoms with Crippen LogP contribution < -0.4 is 5.43 Å². The van der Waals surface area contributed by atoms with Gasteiger partial charge in [-0.1, -0.05) is 30.3 Å². The first kappa shape index (κ1) is 13.6. The van der Waals surface area contributed by atoms with Crippen molar-refractivity contribution in [3.8, 4) is 0 Å². The largest absolute Gasteiger partial charge is 0.299 e. The number of hydrazine groups is 1. The third kappa shape index (κ3) is 3.19. The summed E-state index contributed by atoms with van der Waals surface area (Å²) >= 11 is 0. The Morgan fingerprint density at radius 1 is 1.15 bits per heavy atom. The highest BCUT2D eigenvalue weighted by atomic mass is 16.2. The average Bonchev–Trinajstić information content (AvgIpc) is 2.50. The molecule has 0 bridgehead atoms. The highest BCUT2D eigenvalue weighted by molar-refractivity contribution is 5.76. The van der Waals surface area contributed by atoms with Gasteiger partial charge in [-0.3, -0.25) is 14.7 Å². The van der Waals surface area contributed by atoms with Crippen LogP contribution in [0.3, 0.4) is 0 Å². The molecule has 1 aromatic rings. The highest BCUT2D eigenvalue weighted by Crippen LogP contribution is 2.19. The van der Waals surface area contributed by atoms with Crippen LogP contribution in [0.1, 0.15) is 31.2 Å². The van der Waals surface area contributed by atoms with Gasteiger partial charge in [0.05, 0.1) is 6.04 Å². The van der Waals surface area contributed by atoms with Crippen molar-refractivity contribution in [1.82, 2.24) is 15.3 Å². The van der Waals surface area contributed by atoms with E-state index >= 15 is 0 Å². The van der Waals surface area contributed by atoms with Crippen LogP contribution in [0.2, 0.25) is 0 Å². The summed E-state index contributed by atoms with van der Waals surface area (Å²) in [6.07, 6.45) is 3.83. The summed E-state index contributed by atoms with van der Waals surface area (Å²) in [5.74, 6) is 0.276. The van der Waals surface area contributed by atoms with Crippen molar-refractivity contribution in [2.45, 2.75) is 38.3 Å². The monoisotopic (exact) mass is 273 g/mol. The van der Waals surface area contributed by atoms with Gasteiger partial charge in [0.15, 0.2) is 0 Å². The Morgan fingerprint density at radius 2 is 1.90 bits per heavy atom. The lowest BCUT2D eigenvalue weighted by Gasteiger charge is -2.40. The fourth-order valence-electron chi connectivity index (χ4n) is 3.16. The molecule has 4 heteroatoms. The molecule has 1 N–H and O–H groups in total. The van der Waals surface area contributed by atoms with Crippen LogP contribution in [0.15, 0.2) is 30.3 Å². The first-order chi connectivity index (χ1) is 9.83. The second-order valence-corrected chi connectivity index (χ2v) is 5.77. The number of benzene rings is 1. The van der Waals surface area contributed by atoms with Crippen molar-refractivity contribution in [2.24, 2.45) is 0 Å². The molecule has 20 heavy (non-hydrogen) atoms. The van der Waals surface area contributed by atoms with E-state index in [1.54, 1.807) is 0 Å². The zero-order chi connectivity index (χ0) is 13.8. The Hall–Kier alpha value is -1.39. The molecule has 0 aromatic heterocycles. The summed E-state index contributed by atoms with van der Waals surface area (Å²) in [5.41, 5.74) is 4.64. The summed E-state index contributed by atoms with van der Waals surface area (Å²) in [7, 11) is 0. The van der Waals surface area contributed by atoms with E-state index in [1.807, 2.05) is 5.01 Å². The van der Waals surface area contributed by atoms with Gasteiger partial charge in [-0.15, -0.1) is 0 Å². The van der Waals surface area contributed by atoms with Crippen LogP contribution in [0.5, 0.6) is 0 Å². The first-order valence-corrected chi connectivity index (χ1v) is 7.65. The number of amides is 1. The standard InChI is InChI=1S/C16H23N3O/c20-16-7-4-10-17-19(16)15-8-11-18(12-9-15)13-14-5-2-1-3-6-14/h1-3,5-6,15,17H,4,7-13H2. The molecule has 0 radical (unpaired) electrons. The van der Waals surface area contributed by atoms with Gasteiger partial charge in [0, 0.05) is 32.6 Å². The Morgan fingerprint density at radius 3 is 2.60 bits per heavy atom. The van der Waals surface area contributed by atoms with Crippen molar-refractivity contribution in [3.63, 3.8) is 0 Å². The number of carbonyl (C=O) groups excluding carboxylic acids is 1. The van der Waals surface area contributed by atoms with E-state index in [4.69, 9.17) is 0 Å². The van der Waals surface area contributed by atoms with Crippen molar-refractivity contribution >= 4 is 5.91 Å². The third-order valence-corrected chi connectivity index (χ3v) is 4.29. The van der Waals surface area contributed by atoms with E-state index < -0.39 is 0 Å². The van der Waals surface area contributed by atoms with Gasteiger partial charge in [-0.2, -0.15) is 0 Å². The Labute approximate surface area is 120 Å². The molecule has 2 heterocycles. The molecule has 0 atom stereocenters. The molecule has 2 aliphatic rings. The second kappa shape index (κ2) is 6.37. The van der Waals surface area contributed by atoms with Crippen molar-refractivity contribution in [2.75, 3.05) is 19.6 Å². The minimum absolute atomic E-state index is 0.276. The lowest BCUT2D eigenvalue weighted by Crippen LogP contribution is -2.55. The molecule has 2 aliphatic heterocycles. The van der Waals surface area contributed by atoms with Crippen molar-refractivity contribution in [3.05, 3.63) is 35.9 Å². The molecule has 0 spiro atoms. The number of piperidine rings is 1. The Balaban J connectivity index is 1.50. The molecule has 0 unspecified atom stereocenters. The molecule has 2 fully saturated rings. The quantitative estimate of drug-likeness (QED) is 0.912. The molecular weight excluding hydrogens is 250 g/mol. The normalized spacial score (nSPS) is 22.2.